The van der Waals surface area contributed by atoms with Crippen molar-refractivity contribution in [2.75, 3.05) is 11.5 Å². The molecule has 112 valence electrons. The molecule has 1 aromatic heterocycles. The van der Waals surface area contributed by atoms with E-state index in [4.69, 9.17) is 4.98 Å². The monoisotopic (exact) mass is 376 g/mol. The average Bonchev–Trinajstić information content (AvgIpc) is 2.43. The molecule has 1 aromatic rings. The van der Waals surface area contributed by atoms with Gasteiger partial charge in [-0.3, -0.25) is 4.79 Å². The van der Waals surface area contributed by atoms with E-state index in [1.165, 1.54) is 5.75 Å². The van der Waals surface area contributed by atoms with Gasteiger partial charge in [0.15, 0.2) is 0 Å². The van der Waals surface area contributed by atoms with Crippen LogP contribution in [0.15, 0.2) is 9.27 Å². The molecule has 1 saturated heterocycles. The predicted octanol–water partition coefficient (Wildman–Crippen LogP) is 4.03. The zero-order chi connectivity index (χ0) is 14.7. The number of hydrogen-bond donors (Lipinski definition) is 1. The first kappa shape index (κ1) is 16.4. The topological polar surface area (TPSA) is 45.8 Å². The Bertz CT molecular complexity index is 518. The van der Waals surface area contributed by atoms with Gasteiger partial charge in [-0.25, -0.2) is 4.98 Å². The Balaban J connectivity index is 2.36. The molecule has 20 heavy (non-hydrogen) atoms. The van der Waals surface area contributed by atoms with Gasteiger partial charge in [-0.15, -0.1) is 11.8 Å². The van der Waals surface area contributed by atoms with Gasteiger partial charge in [-0.1, -0.05) is 20.8 Å². The summed E-state index contributed by atoms with van der Waals surface area (Å²) < 4.78 is 0.594. The summed E-state index contributed by atoms with van der Waals surface area (Å²) in [4.78, 5) is 19.9. The third-order valence-electron chi connectivity index (χ3n) is 3.27. The van der Waals surface area contributed by atoms with Crippen molar-refractivity contribution in [3.63, 3.8) is 0 Å². The minimum absolute atomic E-state index is 0.0447. The number of hydrogen-bond acceptors (Lipinski definition) is 4. The maximum Gasteiger partial charge on any atom is 0.265 e. The predicted molar refractivity (Wildman–Crippen MR) is 92.8 cm³/mol. The SMILES string of the molecule is CCC1SCCSC1c1nc(CC(C)C)c(Br)c(=O)[nH]1. The average molecular weight is 377 g/mol. The van der Waals surface area contributed by atoms with Gasteiger partial charge in [0.1, 0.15) is 10.3 Å². The van der Waals surface area contributed by atoms with Gasteiger partial charge in [0.2, 0.25) is 0 Å². The van der Waals surface area contributed by atoms with Crippen LogP contribution in [0.4, 0.5) is 0 Å². The number of nitrogens with zero attached hydrogens (tertiary/aromatic N) is 1. The summed E-state index contributed by atoms with van der Waals surface area (Å²) in [6, 6.07) is 0. The Morgan fingerprint density at radius 2 is 2.10 bits per heavy atom. The zero-order valence-electron chi connectivity index (χ0n) is 12.1. The molecule has 1 aliphatic heterocycles. The molecule has 1 fully saturated rings. The highest BCUT2D eigenvalue weighted by atomic mass is 79.9. The highest BCUT2D eigenvalue weighted by Gasteiger charge is 2.29. The van der Waals surface area contributed by atoms with E-state index in [0.717, 1.165) is 30.1 Å². The van der Waals surface area contributed by atoms with Gasteiger partial charge < -0.3 is 4.98 Å². The van der Waals surface area contributed by atoms with Gasteiger partial charge in [0.25, 0.3) is 5.56 Å². The van der Waals surface area contributed by atoms with Crippen LogP contribution in [0.3, 0.4) is 0 Å². The quantitative estimate of drug-likeness (QED) is 0.861. The highest BCUT2D eigenvalue weighted by molar-refractivity contribution is 9.10. The molecular weight excluding hydrogens is 356 g/mol. The molecule has 2 atom stereocenters. The van der Waals surface area contributed by atoms with Crippen LogP contribution < -0.4 is 5.56 Å². The summed E-state index contributed by atoms with van der Waals surface area (Å²) >= 11 is 7.30. The van der Waals surface area contributed by atoms with Crippen molar-refractivity contribution in [2.45, 2.75) is 44.1 Å². The lowest BCUT2D eigenvalue weighted by atomic mass is 10.1. The van der Waals surface area contributed by atoms with E-state index in [2.05, 4.69) is 41.7 Å². The van der Waals surface area contributed by atoms with Gasteiger partial charge in [-0.2, -0.15) is 11.8 Å². The third-order valence-corrected chi connectivity index (χ3v) is 7.35. The van der Waals surface area contributed by atoms with Gasteiger partial charge in [0.05, 0.1) is 10.9 Å². The van der Waals surface area contributed by atoms with E-state index < -0.39 is 0 Å². The van der Waals surface area contributed by atoms with Crippen molar-refractivity contribution in [2.24, 2.45) is 5.92 Å². The lowest BCUT2D eigenvalue weighted by molar-refractivity contribution is 0.622. The first-order chi connectivity index (χ1) is 9.52. The molecule has 0 amide bonds. The summed E-state index contributed by atoms with van der Waals surface area (Å²) in [5, 5.41) is 0.857. The van der Waals surface area contributed by atoms with Crippen molar-refractivity contribution in [3.8, 4) is 0 Å². The van der Waals surface area contributed by atoms with Crippen LogP contribution in [0.2, 0.25) is 0 Å². The van der Waals surface area contributed by atoms with Crippen molar-refractivity contribution in [3.05, 3.63) is 26.3 Å². The maximum absolute atomic E-state index is 12.1. The lowest BCUT2D eigenvalue weighted by Crippen LogP contribution is -2.25. The minimum Gasteiger partial charge on any atom is -0.309 e. The molecule has 0 aliphatic carbocycles. The Kier molecular flexibility index (Phi) is 6.05. The van der Waals surface area contributed by atoms with Crippen molar-refractivity contribution in [1.29, 1.82) is 0 Å². The van der Waals surface area contributed by atoms with E-state index in [0.29, 0.717) is 20.9 Å². The smallest absolute Gasteiger partial charge is 0.265 e. The van der Waals surface area contributed by atoms with Crippen LogP contribution >= 0.6 is 39.5 Å². The van der Waals surface area contributed by atoms with E-state index in [-0.39, 0.29) is 5.56 Å². The van der Waals surface area contributed by atoms with E-state index in [9.17, 15) is 4.79 Å². The largest absolute Gasteiger partial charge is 0.309 e. The van der Waals surface area contributed by atoms with Crippen LogP contribution in [0, 0.1) is 5.92 Å². The van der Waals surface area contributed by atoms with Crippen molar-refractivity contribution in [1.82, 2.24) is 9.97 Å². The third kappa shape index (κ3) is 3.83. The summed E-state index contributed by atoms with van der Waals surface area (Å²) in [7, 11) is 0. The van der Waals surface area contributed by atoms with Gasteiger partial charge in [0, 0.05) is 16.8 Å². The summed E-state index contributed by atoms with van der Waals surface area (Å²) in [6.45, 7) is 6.51. The normalized spacial score (nSPS) is 23.2. The number of halogens is 1. The second-order valence-electron chi connectivity index (χ2n) is 5.42. The molecule has 2 heterocycles. The molecule has 6 heteroatoms. The Morgan fingerprint density at radius 3 is 2.75 bits per heavy atom. The summed E-state index contributed by atoms with van der Waals surface area (Å²) in [5.41, 5.74) is 0.849. The number of H-pyrrole nitrogens is 1. The summed E-state index contributed by atoms with van der Waals surface area (Å²) in [5.74, 6) is 3.67. The minimum atomic E-state index is -0.0447. The molecule has 0 aromatic carbocycles. The number of aromatic amines is 1. The maximum atomic E-state index is 12.1. The summed E-state index contributed by atoms with van der Waals surface area (Å²) in [6.07, 6.45) is 1.94. The Labute approximate surface area is 137 Å². The Morgan fingerprint density at radius 1 is 1.40 bits per heavy atom. The molecular formula is C14H21BrN2OS2. The Hall–Kier alpha value is 0.0600. The van der Waals surface area contributed by atoms with Crippen molar-refractivity contribution < 1.29 is 0 Å². The molecule has 2 unspecified atom stereocenters. The van der Waals surface area contributed by atoms with Crippen LogP contribution in [-0.2, 0) is 6.42 Å². The lowest BCUT2D eigenvalue weighted by Gasteiger charge is -2.29. The molecule has 0 radical (unpaired) electrons. The molecule has 0 saturated carbocycles. The van der Waals surface area contributed by atoms with Crippen LogP contribution in [0.1, 0.15) is 44.0 Å². The van der Waals surface area contributed by atoms with E-state index in [1.54, 1.807) is 0 Å². The number of thioether (sulfide) groups is 2. The van der Waals surface area contributed by atoms with Crippen LogP contribution in [-0.4, -0.2) is 26.7 Å². The van der Waals surface area contributed by atoms with Gasteiger partial charge in [-0.05, 0) is 34.7 Å². The first-order valence-corrected chi connectivity index (χ1v) is 9.93. The fourth-order valence-corrected chi connectivity index (χ4v) is 5.70. The van der Waals surface area contributed by atoms with Crippen molar-refractivity contribution >= 4 is 39.5 Å². The number of rotatable bonds is 4. The molecule has 3 nitrogen and oxygen atoms in total. The van der Waals surface area contributed by atoms with Crippen LogP contribution in [0.25, 0.3) is 0 Å². The van der Waals surface area contributed by atoms with E-state index >= 15 is 0 Å². The molecule has 2 rings (SSSR count). The van der Waals surface area contributed by atoms with Gasteiger partial charge >= 0.3 is 0 Å². The van der Waals surface area contributed by atoms with E-state index in [1.807, 2.05) is 23.5 Å². The molecule has 1 N–H and O–H groups in total. The number of aromatic nitrogens is 2. The number of nitrogens with one attached hydrogen (secondary N) is 1. The first-order valence-electron chi connectivity index (χ1n) is 7.04. The second-order valence-corrected chi connectivity index (χ2v) is 8.81. The second kappa shape index (κ2) is 7.36. The van der Waals surface area contributed by atoms with Crippen LogP contribution in [0.5, 0.6) is 0 Å². The molecule has 1 aliphatic rings. The zero-order valence-corrected chi connectivity index (χ0v) is 15.3. The molecule has 0 bridgehead atoms. The standard InChI is InChI=1S/C14H21BrN2OS2/c1-4-10-12(20-6-5-19-10)13-16-9(7-8(2)3)11(15)14(18)17-13/h8,10,12H,4-7H2,1-3H3,(H,16,17,18). The highest BCUT2D eigenvalue weighted by Crippen LogP contribution is 2.42. The fourth-order valence-electron chi connectivity index (χ4n) is 2.34. The molecule has 0 spiro atoms. The fraction of sp³-hybridized carbons (Fsp3) is 0.714.